The molecule has 1 rings (SSSR count). The molecule has 4 nitrogen and oxygen atoms in total. The van der Waals surface area contributed by atoms with Gasteiger partial charge in [-0.3, -0.25) is 0 Å². The van der Waals surface area contributed by atoms with Crippen LogP contribution in [0.1, 0.15) is 0 Å². The van der Waals surface area contributed by atoms with Crippen molar-refractivity contribution in [2.45, 2.75) is 4.90 Å². The lowest BCUT2D eigenvalue weighted by Gasteiger charge is -2.07. The van der Waals surface area contributed by atoms with Gasteiger partial charge in [0.1, 0.15) is 0 Å². The number of rotatable bonds is 2. The molecule has 0 fully saturated rings. The maximum Gasteiger partial charge on any atom is 0.241 e. The van der Waals surface area contributed by atoms with Gasteiger partial charge in [-0.15, -0.1) is 0 Å². The maximum atomic E-state index is 11.5. The van der Waals surface area contributed by atoms with Crippen molar-refractivity contribution in [3.63, 3.8) is 0 Å². The number of sulfonamides is 1. The molecule has 0 aliphatic heterocycles. The highest BCUT2D eigenvalue weighted by molar-refractivity contribution is 9.10. The van der Waals surface area contributed by atoms with E-state index in [4.69, 9.17) is 17.3 Å². The van der Waals surface area contributed by atoms with Crippen molar-refractivity contribution in [3.8, 4) is 0 Å². The second kappa shape index (κ2) is 4.06. The molecule has 0 saturated heterocycles. The molecule has 0 radical (unpaired) electrons. The summed E-state index contributed by atoms with van der Waals surface area (Å²) in [6.07, 6.45) is 0. The third-order valence-electron chi connectivity index (χ3n) is 1.59. The summed E-state index contributed by atoms with van der Waals surface area (Å²) in [5, 5.41) is 0.277. The van der Waals surface area contributed by atoms with E-state index in [1.54, 1.807) is 0 Å². The number of halogens is 2. The molecule has 0 bridgehead atoms. The zero-order valence-corrected chi connectivity index (χ0v) is 10.4. The second-order valence-corrected chi connectivity index (χ2v) is 5.60. The molecular weight excluding hydrogens is 292 g/mol. The lowest BCUT2D eigenvalue weighted by Crippen LogP contribution is -2.19. The summed E-state index contributed by atoms with van der Waals surface area (Å²) in [5.41, 5.74) is 5.83. The van der Waals surface area contributed by atoms with Crippen molar-refractivity contribution < 1.29 is 8.42 Å². The highest BCUT2D eigenvalue weighted by Crippen LogP contribution is 2.31. The predicted molar refractivity (Wildman–Crippen MR) is 59.8 cm³/mol. The fourth-order valence-corrected chi connectivity index (χ4v) is 2.91. The van der Waals surface area contributed by atoms with Gasteiger partial charge in [0.25, 0.3) is 0 Å². The van der Waals surface area contributed by atoms with Gasteiger partial charge in [0.2, 0.25) is 10.0 Å². The van der Waals surface area contributed by atoms with Gasteiger partial charge in [0, 0.05) is 10.7 Å². The minimum Gasteiger partial charge on any atom is -0.398 e. The van der Waals surface area contributed by atoms with Crippen LogP contribution in [0.4, 0.5) is 5.69 Å². The summed E-state index contributed by atoms with van der Waals surface area (Å²) in [6.45, 7) is 0. The van der Waals surface area contributed by atoms with E-state index in [0.717, 1.165) is 0 Å². The molecule has 0 spiro atoms. The number of nitrogens with two attached hydrogens (primary N) is 1. The Labute approximate surface area is 95.6 Å². The molecule has 1 aromatic carbocycles. The summed E-state index contributed by atoms with van der Waals surface area (Å²) < 4.78 is 25.4. The Morgan fingerprint density at radius 1 is 1.50 bits per heavy atom. The van der Waals surface area contributed by atoms with E-state index in [9.17, 15) is 8.42 Å². The van der Waals surface area contributed by atoms with Crippen LogP contribution in [0.3, 0.4) is 0 Å². The SMILES string of the molecule is CNS(=O)(=O)c1cc(Cl)cc(N)c1Br. The van der Waals surface area contributed by atoms with Crippen molar-refractivity contribution in [2.75, 3.05) is 12.8 Å². The van der Waals surface area contributed by atoms with Crippen LogP contribution in [0.5, 0.6) is 0 Å². The third-order valence-corrected chi connectivity index (χ3v) is 4.39. The molecule has 1 aromatic rings. The van der Waals surface area contributed by atoms with E-state index in [0.29, 0.717) is 4.47 Å². The molecule has 0 heterocycles. The van der Waals surface area contributed by atoms with Crippen molar-refractivity contribution in [2.24, 2.45) is 0 Å². The zero-order valence-electron chi connectivity index (χ0n) is 7.21. The molecule has 0 unspecified atom stereocenters. The van der Waals surface area contributed by atoms with Crippen LogP contribution in [0.25, 0.3) is 0 Å². The molecule has 0 amide bonds. The van der Waals surface area contributed by atoms with Crippen molar-refractivity contribution in [1.82, 2.24) is 4.72 Å². The normalized spacial score (nSPS) is 11.6. The van der Waals surface area contributed by atoms with Crippen LogP contribution in [0.2, 0.25) is 5.02 Å². The lowest BCUT2D eigenvalue weighted by atomic mass is 10.3. The fourth-order valence-electron chi connectivity index (χ4n) is 0.890. The first-order chi connectivity index (χ1) is 6.38. The summed E-state index contributed by atoms with van der Waals surface area (Å²) in [5.74, 6) is 0. The van der Waals surface area contributed by atoms with Crippen LogP contribution in [0.15, 0.2) is 21.5 Å². The first kappa shape index (κ1) is 11.8. The van der Waals surface area contributed by atoms with E-state index >= 15 is 0 Å². The smallest absolute Gasteiger partial charge is 0.241 e. The number of nitrogen functional groups attached to an aromatic ring is 1. The molecule has 0 aliphatic rings. The zero-order chi connectivity index (χ0) is 10.9. The van der Waals surface area contributed by atoms with E-state index in [1.165, 1.54) is 19.2 Å². The number of benzene rings is 1. The molecule has 3 N–H and O–H groups in total. The predicted octanol–water partition coefficient (Wildman–Crippen LogP) is 1.59. The largest absolute Gasteiger partial charge is 0.398 e. The standard InChI is InChI=1S/C7H8BrClN2O2S/c1-11-14(12,13)6-3-4(9)2-5(10)7(6)8/h2-3,11H,10H2,1H3. The highest BCUT2D eigenvalue weighted by atomic mass is 79.9. The monoisotopic (exact) mass is 298 g/mol. The molecule has 0 saturated carbocycles. The van der Waals surface area contributed by atoms with Gasteiger partial charge in [-0.1, -0.05) is 11.6 Å². The first-order valence-corrected chi connectivity index (χ1v) is 6.22. The van der Waals surface area contributed by atoms with Crippen LogP contribution in [0, 0.1) is 0 Å². The van der Waals surface area contributed by atoms with Gasteiger partial charge < -0.3 is 5.73 Å². The number of anilines is 1. The average Bonchev–Trinajstić information content (AvgIpc) is 2.11. The Bertz CT molecular complexity index is 461. The van der Waals surface area contributed by atoms with Crippen LogP contribution < -0.4 is 10.5 Å². The maximum absolute atomic E-state index is 11.5. The molecule has 0 aliphatic carbocycles. The third kappa shape index (κ3) is 2.20. The van der Waals surface area contributed by atoms with Gasteiger partial charge in [0.05, 0.1) is 9.37 Å². The molecule has 0 atom stereocenters. The number of hydrogen-bond donors (Lipinski definition) is 2. The van der Waals surface area contributed by atoms with Crippen molar-refractivity contribution in [3.05, 3.63) is 21.6 Å². The van der Waals surface area contributed by atoms with Crippen LogP contribution >= 0.6 is 27.5 Å². The molecule has 0 aromatic heterocycles. The minimum atomic E-state index is -3.54. The summed E-state index contributed by atoms with van der Waals surface area (Å²) in [4.78, 5) is 0.0324. The first-order valence-electron chi connectivity index (χ1n) is 3.56. The van der Waals surface area contributed by atoms with E-state index in [2.05, 4.69) is 20.7 Å². The summed E-state index contributed by atoms with van der Waals surface area (Å²) >= 11 is 8.78. The number of hydrogen-bond acceptors (Lipinski definition) is 3. The Balaban J connectivity index is 3.50. The second-order valence-electron chi connectivity index (χ2n) is 2.51. The Hall–Kier alpha value is -0.300. The number of nitrogens with one attached hydrogen (secondary N) is 1. The Morgan fingerprint density at radius 3 is 2.57 bits per heavy atom. The summed E-state index contributed by atoms with van der Waals surface area (Å²) in [7, 11) is -2.22. The minimum absolute atomic E-state index is 0.0324. The average molecular weight is 300 g/mol. The Morgan fingerprint density at radius 2 is 2.07 bits per heavy atom. The summed E-state index contributed by atoms with van der Waals surface area (Å²) in [6, 6.07) is 2.80. The van der Waals surface area contributed by atoms with Gasteiger partial charge in [-0.25, -0.2) is 13.1 Å². The van der Waals surface area contributed by atoms with Crippen molar-refractivity contribution in [1.29, 1.82) is 0 Å². The van der Waals surface area contributed by atoms with Gasteiger partial charge in [-0.05, 0) is 35.1 Å². The lowest BCUT2D eigenvalue weighted by molar-refractivity contribution is 0.588. The quantitative estimate of drug-likeness (QED) is 0.815. The van der Waals surface area contributed by atoms with Gasteiger partial charge in [0.15, 0.2) is 0 Å². The van der Waals surface area contributed by atoms with E-state index < -0.39 is 10.0 Å². The van der Waals surface area contributed by atoms with E-state index in [-0.39, 0.29) is 15.6 Å². The molecular formula is C7H8BrClN2O2S. The molecule has 78 valence electrons. The fraction of sp³-hybridized carbons (Fsp3) is 0.143. The molecule has 7 heteroatoms. The van der Waals surface area contributed by atoms with Crippen LogP contribution in [-0.4, -0.2) is 15.5 Å². The van der Waals surface area contributed by atoms with Gasteiger partial charge in [-0.2, -0.15) is 0 Å². The molecule has 14 heavy (non-hydrogen) atoms. The van der Waals surface area contributed by atoms with Crippen LogP contribution in [-0.2, 0) is 10.0 Å². The van der Waals surface area contributed by atoms with Crippen molar-refractivity contribution >= 4 is 43.2 Å². The topological polar surface area (TPSA) is 72.2 Å². The Kier molecular flexibility index (Phi) is 3.41. The van der Waals surface area contributed by atoms with E-state index in [1.807, 2.05) is 0 Å². The highest BCUT2D eigenvalue weighted by Gasteiger charge is 2.17. The van der Waals surface area contributed by atoms with Gasteiger partial charge >= 0.3 is 0 Å².